The van der Waals surface area contributed by atoms with Crippen LogP contribution in [0.25, 0.3) is 5.82 Å². The Morgan fingerprint density at radius 3 is 2.76 bits per heavy atom. The van der Waals surface area contributed by atoms with Crippen LogP contribution in [0, 0.1) is 0 Å². The molecule has 0 aliphatic heterocycles. The van der Waals surface area contributed by atoms with Crippen LogP contribution in [0.15, 0.2) is 46.8 Å². The Hall–Kier alpha value is -1.83. The van der Waals surface area contributed by atoms with E-state index >= 15 is 0 Å². The number of rotatable bonds is 3. The van der Waals surface area contributed by atoms with Crippen LogP contribution in [0.3, 0.4) is 0 Å². The van der Waals surface area contributed by atoms with E-state index in [4.69, 9.17) is 28.9 Å². The largest absolute Gasteiger partial charge is 0.381 e. The Morgan fingerprint density at radius 2 is 2.05 bits per heavy atom. The smallest absolute Gasteiger partial charge is 0.173 e. The van der Waals surface area contributed by atoms with Crippen molar-refractivity contribution < 1.29 is 0 Å². The molecule has 3 heterocycles. The molecule has 0 aliphatic rings. The zero-order valence-corrected chi connectivity index (χ0v) is 12.8. The molecule has 0 aliphatic carbocycles. The average Bonchev–Trinajstić information content (AvgIpc) is 2.98. The molecule has 0 atom stereocenters. The number of pyridine rings is 1. The molecule has 106 valence electrons. The minimum atomic E-state index is 0.245. The van der Waals surface area contributed by atoms with Crippen molar-refractivity contribution in [2.75, 3.05) is 5.73 Å². The molecule has 9 heteroatoms. The van der Waals surface area contributed by atoms with Crippen molar-refractivity contribution in [3.05, 3.63) is 47.1 Å². The first kappa shape index (κ1) is 14.1. The molecular formula is C12H8Cl2N6S. The maximum atomic E-state index is 6.37. The highest BCUT2D eigenvalue weighted by molar-refractivity contribution is 7.99. The second-order valence-corrected chi connectivity index (χ2v) is 5.68. The number of nitrogens with zero attached hydrogens (tertiary/aromatic N) is 5. The number of hydrogen-bond donors (Lipinski definition) is 1. The molecule has 0 saturated carbocycles. The lowest BCUT2D eigenvalue weighted by atomic mass is 10.4. The molecule has 21 heavy (non-hydrogen) atoms. The van der Waals surface area contributed by atoms with E-state index in [2.05, 4.69) is 20.1 Å². The quantitative estimate of drug-likeness (QED) is 0.790. The fraction of sp³-hybridized carbons (Fsp3) is 0. The summed E-state index contributed by atoms with van der Waals surface area (Å²) in [5.41, 5.74) is 5.80. The van der Waals surface area contributed by atoms with E-state index < -0.39 is 0 Å². The summed E-state index contributed by atoms with van der Waals surface area (Å²) in [7, 11) is 0. The Balaban J connectivity index is 1.98. The molecule has 0 unspecified atom stereocenters. The number of halogens is 2. The van der Waals surface area contributed by atoms with Crippen molar-refractivity contribution >= 4 is 40.8 Å². The fourth-order valence-corrected chi connectivity index (χ4v) is 2.83. The second kappa shape index (κ2) is 5.88. The standard InChI is InChI=1S/C12H8Cl2N6S/c13-8-6-17-12(10(15)19-8)21-7-2-4-16-11(9(7)14)20-5-1-3-18-20/h1-6H,(H2,15,19). The van der Waals surface area contributed by atoms with E-state index in [1.54, 1.807) is 35.4 Å². The Kier molecular flexibility index (Phi) is 3.96. The second-order valence-electron chi connectivity index (χ2n) is 3.88. The number of nitrogens with two attached hydrogens (primary N) is 1. The van der Waals surface area contributed by atoms with Crippen LogP contribution in [-0.4, -0.2) is 24.7 Å². The zero-order chi connectivity index (χ0) is 14.8. The molecule has 0 fully saturated rings. The third-order valence-corrected chi connectivity index (χ3v) is 4.23. The van der Waals surface area contributed by atoms with Crippen LogP contribution in [-0.2, 0) is 0 Å². The van der Waals surface area contributed by atoms with Crippen LogP contribution in [0.2, 0.25) is 10.2 Å². The third kappa shape index (κ3) is 2.94. The van der Waals surface area contributed by atoms with Gasteiger partial charge in [0, 0.05) is 23.5 Å². The maximum absolute atomic E-state index is 6.37. The topological polar surface area (TPSA) is 82.5 Å². The van der Waals surface area contributed by atoms with Gasteiger partial charge in [0.1, 0.15) is 10.2 Å². The summed E-state index contributed by atoms with van der Waals surface area (Å²) >= 11 is 13.4. The Morgan fingerprint density at radius 1 is 1.19 bits per heavy atom. The highest BCUT2D eigenvalue weighted by Gasteiger charge is 2.13. The number of aromatic nitrogens is 5. The van der Waals surface area contributed by atoms with E-state index in [1.165, 1.54) is 18.0 Å². The Bertz CT molecular complexity index is 777. The molecule has 3 rings (SSSR count). The van der Waals surface area contributed by atoms with Crippen LogP contribution in [0.4, 0.5) is 5.82 Å². The third-order valence-electron chi connectivity index (χ3n) is 2.50. The molecule has 0 aromatic carbocycles. The summed E-state index contributed by atoms with van der Waals surface area (Å²) in [4.78, 5) is 13.1. The van der Waals surface area contributed by atoms with Crippen LogP contribution in [0.1, 0.15) is 0 Å². The van der Waals surface area contributed by atoms with E-state index in [9.17, 15) is 0 Å². The lowest BCUT2D eigenvalue weighted by Crippen LogP contribution is -2.00. The van der Waals surface area contributed by atoms with Crippen LogP contribution < -0.4 is 5.73 Å². The van der Waals surface area contributed by atoms with Crippen LogP contribution >= 0.6 is 35.0 Å². The van der Waals surface area contributed by atoms with E-state index in [0.717, 1.165) is 4.90 Å². The maximum Gasteiger partial charge on any atom is 0.173 e. The first-order chi connectivity index (χ1) is 10.1. The molecule has 0 saturated heterocycles. The molecule has 2 N–H and O–H groups in total. The summed E-state index contributed by atoms with van der Waals surface area (Å²) in [5, 5.41) is 5.35. The fourth-order valence-electron chi connectivity index (χ4n) is 1.60. The van der Waals surface area contributed by atoms with Gasteiger partial charge in [0.2, 0.25) is 0 Å². The van der Waals surface area contributed by atoms with Crippen LogP contribution in [0.5, 0.6) is 0 Å². The van der Waals surface area contributed by atoms with Gasteiger partial charge in [-0.05, 0) is 12.1 Å². The van der Waals surface area contributed by atoms with Crippen molar-refractivity contribution in [3.8, 4) is 5.82 Å². The highest BCUT2D eigenvalue weighted by Crippen LogP contribution is 2.36. The SMILES string of the molecule is Nc1nc(Cl)cnc1Sc1ccnc(-n2cccn2)c1Cl. The minimum Gasteiger partial charge on any atom is -0.381 e. The molecule has 0 radical (unpaired) electrons. The van der Waals surface area contributed by atoms with E-state index in [0.29, 0.717) is 15.9 Å². The van der Waals surface area contributed by atoms with Gasteiger partial charge >= 0.3 is 0 Å². The predicted molar refractivity (Wildman–Crippen MR) is 81.9 cm³/mol. The predicted octanol–water partition coefficient (Wildman–Crippen LogP) is 3.10. The van der Waals surface area contributed by atoms with Gasteiger partial charge in [0.15, 0.2) is 11.6 Å². The van der Waals surface area contributed by atoms with Gasteiger partial charge in [-0.2, -0.15) is 5.10 Å². The van der Waals surface area contributed by atoms with Gasteiger partial charge < -0.3 is 5.73 Å². The minimum absolute atomic E-state index is 0.245. The van der Waals surface area contributed by atoms with Crippen molar-refractivity contribution in [1.82, 2.24) is 24.7 Å². The van der Waals surface area contributed by atoms with Gasteiger partial charge in [-0.1, -0.05) is 35.0 Å². The first-order valence-corrected chi connectivity index (χ1v) is 7.33. The summed E-state index contributed by atoms with van der Waals surface area (Å²) in [6, 6.07) is 3.57. The van der Waals surface area contributed by atoms with Gasteiger partial charge in [-0.15, -0.1) is 0 Å². The number of hydrogen-bond acceptors (Lipinski definition) is 6. The molecule has 3 aromatic heterocycles. The summed E-state index contributed by atoms with van der Waals surface area (Å²) in [6.45, 7) is 0. The monoisotopic (exact) mass is 338 g/mol. The first-order valence-electron chi connectivity index (χ1n) is 5.75. The number of nitrogen functional groups attached to an aromatic ring is 1. The van der Waals surface area contributed by atoms with Crippen molar-refractivity contribution in [1.29, 1.82) is 0 Å². The lowest BCUT2D eigenvalue weighted by molar-refractivity contribution is 0.842. The van der Waals surface area contributed by atoms with Crippen molar-refractivity contribution in [3.63, 3.8) is 0 Å². The lowest BCUT2D eigenvalue weighted by Gasteiger charge is -2.08. The summed E-state index contributed by atoms with van der Waals surface area (Å²) < 4.78 is 1.59. The Labute approximate surface area is 134 Å². The van der Waals surface area contributed by atoms with Crippen molar-refractivity contribution in [2.24, 2.45) is 0 Å². The zero-order valence-electron chi connectivity index (χ0n) is 10.4. The highest BCUT2D eigenvalue weighted by atomic mass is 35.5. The van der Waals surface area contributed by atoms with Gasteiger partial charge in [-0.3, -0.25) is 0 Å². The molecule has 3 aromatic rings. The summed E-state index contributed by atoms with van der Waals surface area (Å²) in [6.07, 6.45) is 6.49. The normalized spacial score (nSPS) is 10.8. The number of anilines is 1. The molecule has 0 spiro atoms. The molecule has 6 nitrogen and oxygen atoms in total. The molecule has 0 bridgehead atoms. The van der Waals surface area contributed by atoms with Gasteiger partial charge in [-0.25, -0.2) is 19.6 Å². The summed E-state index contributed by atoms with van der Waals surface area (Å²) in [5.74, 6) is 0.785. The molecule has 0 amide bonds. The van der Waals surface area contributed by atoms with Gasteiger partial charge in [0.25, 0.3) is 0 Å². The van der Waals surface area contributed by atoms with E-state index in [-0.39, 0.29) is 11.0 Å². The molecular weight excluding hydrogens is 331 g/mol. The average molecular weight is 339 g/mol. The van der Waals surface area contributed by atoms with Gasteiger partial charge in [0.05, 0.1) is 11.2 Å². The van der Waals surface area contributed by atoms with E-state index in [1.807, 2.05) is 0 Å². The van der Waals surface area contributed by atoms with Crippen molar-refractivity contribution in [2.45, 2.75) is 9.92 Å².